The lowest BCUT2D eigenvalue weighted by Crippen LogP contribution is -2.38. The number of nitrogens with zero attached hydrogens (tertiary/aromatic N) is 3. The van der Waals surface area contributed by atoms with Gasteiger partial charge in [-0.15, -0.1) is 0 Å². The summed E-state index contributed by atoms with van der Waals surface area (Å²) in [6, 6.07) is 7.96. The normalized spacial score (nSPS) is 17.0. The molecule has 0 spiro atoms. The predicted octanol–water partition coefficient (Wildman–Crippen LogP) is 3.63. The van der Waals surface area contributed by atoms with Gasteiger partial charge in [-0.3, -0.25) is 20.0 Å². The Balaban J connectivity index is 1.62. The quantitative estimate of drug-likeness (QED) is 0.478. The zero-order valence-corrected chi connectivity index (χ0v) is 18.9. The van der Waals surface area contributed by atoms with E-state index in [4.69, 9.17) is 11.6 Å². The maximum Gasteiger partial charge on any atom is 0.258 e. The number of anilines is 2. The molecule has 1 aromatic carbocycles. The summed E-state index contributed by atoms with van der Waals surface area (Å²) in [6.45, 7) is 1.75. The maximum atomic E-state index is 14.7. The Labute approximate surface area is 195 Å². The van der Waals surface area contributed by atoms with Gasteiger partial charge in [0.1, 0.15) is 12.0 Å². The lowest BCUT2D eigenvalue weighted by atomic mass is 10.0. The predicted molar refractivity (Wildman–Crippen MR) is 126 cm³/mol. The fourth-order valence-corrected chi connectivity index (χ4v) is 4.34. The molecule has 172 valence electrons. The molecular weight excluding hydrogens is 445 g/mol. The Morgan fingerprint density at radius 1 is 1.18 bits per heavy atom. The van der Waals surface area contributed by atoms with Crippen LogP contribution in [0.5, 0.6) is 0 Å². The van der Waals surface area contributed by atoms with E-state index in [0.717, 1.165) is 18.5 Å². The van der Waals surface area contributed by atoms with Crippen molar-refractivity contribution in [2.75, 3.05) is 18.9 Å². The SMILES string of the molecule is CN1CCn2c(c(Nc3ccncc3C(O)NC3CC3)cc(-c3cc(Cl)ccc3F)c2=O)C1. The fraction of sp³-hybridized carbons (Fsp3) is 0.333. The van der Waals surface area contributed by atoms with Crippen molar-refractivity contribution in [2.24, 2.45) is 0 Å². The molecule has 1 aliphatic heterocycles. The van der Waals surface area contributed by atoms with E-state index >= 15 is 0 Å². The molecule has 1 unspecified atom stereocenters. The number of halogens is 2. The van der Waals surface area contributed by atoms with E-state index in [9.17, 15) is 14.3 Å². The lowest BCUT2D eigenvalue weighted by molar-refractivity contribution is 0.137. The van der Waals surface area contributed by atoms with Crippen molar-refractivity contribution in [1.82, 2.24) is 19.8 Å². The molecule has 0 radical (unpaired) electrons. The van der Waals surface area contributed by atoms with Crippen molar-refractivity contribution in [1.29, 1.82) is 0 Å². The summed E-state index contributed by atoms with van der Waals surface area (Å²) in [5.41, 5.74) is 2.88. The summed E-state index contributed by atoms with van der Waals surface area (Å²) in [6.07, 6.45) is 4.46. The van der Waals surface area contributed by atoms with Crippen molar-refractivity contribution < 1.29 is 9.50 Å². The second kappa shape index (κ2) is 8.87. The average Bonchev–Trinajstić information content (AvgIpc) is 3.61. The van der Waals surface area contributed by atoms with Crippen molar-refractivity contribution in [2.45, 2.75) is 38.2 Å². The van der Waals surface area contributed by atoms with Crippen LogP contribution in [0.1, 0.15) is 30.3 Å². The van der Waals surface area contributed by atoms with Gasteiger partial charge in [-0.25, -0.2) is 4.39 Å². The van der Waals surface area contributed by atoms with Gasteiger partial charge in [-0.05, 0) is 50.2 Å². The molecule has 2 aromatic heterocycles. The van der Waals surface area contributed by atoms with Gasteiger partial charge in [0.25, 0.3) is 5.56 Å². The van der Waals surface area contributed by atoms with Crippen molar-refractivity contribution in [3.05, 3.63) is 75.2 Å². The number of aliphatic hydroxyl groups excluding tert-OH is 1. The molecule has 2 aliphatic rings. The average molecular weight is 470 g/mol. The van der Waals surface area contributed by atoms with Gasteiger partial charge in [0.05, 0.1) is 16.9 Å². The zero-order chi connectivity index (χ0) is 23.1. The summed E-state index contributed by atoms with van der Waals surface area (Å²) < 4.78 is 16.4. The molecule has 3 N–H and O–H groups in total. The maximum absolute atomic E-state index is 14.7. The van der Waals surface area contributed by atoms with Crippen LogP contribution in [0.3, 0.4) is 0 Å². The van der Waals surface area contributed by atoms with E-state index in [0.29, 0.717) is 47.6 Å². The summed E-state index contributed by atoms with van der Waals surface area (Å²) in [7, 11) is 1.99. The molecule has 0 amide bonds. The molecule has 33 heavy (non-hydrogen) atoms. The van der Waals surface area contributed by atoms with Gasteiger partial charge in [0, 0.05) is 59.9 Å². The Kier molecular flexibility index (Phi) is 5.92. The van der Waals surface area contributed by atoms with Crippen molar-refractivity contribution in [3.8, 4) is 11.1 Å². The molecule has 0 saturated heterocycles. The van der Waals surface area contributed by atoms with Crippen LogP contribution in [0.15, 0.2) is 47.5 Å². The molecule has 1 aliphatic carbocycles. The Morgan fingerprint density at radius 2 is 2.00 bits per heavy atom. The molecule has 0 bridgehead atoms. The van der Waals surface area contributed by atoms with Gasteiger partial charge < -0.3 is 15.0 Å². The Bertz CT molecular complexity index is 1260. The number of benzene rings is 1. The number of aromatic nitrogens is 2. The van der Waals surface area contributed by atoms with Gasteiger partial charge in [0.15, 0.2) is 0 Å². The second-order valence-electron chi connectivity index (χ2n) is 8.67. The highest BCUT2D eigenvalue weighted by molar-refractivity contribution is 6.30. The van der Waals surface area contributed by atoms with E-state index in [2.05, 4.69) is 20.5 Å². The summed E-state index contributed by atoms with van der Waals surface area (Å²) in [5, 5.41) is 17.6. The van der Waals surface area contributed by atoms with Crippen LogP contribution >= 0.6 is 11.6 Å². The van der Waals surface area contributed by atoms with Crippen molar-refractivity contribution in [3.63, 3.8) is 0 Å². The number of nitrogens with one attached hydrogen (secondary N) is 2. The molecular formula is C24H25ClFN5O2. The smallest absolute Gasteiger partial charge is 0.258 e. The summed E-state index contributed by atoms with van der Waals surface area (Å²) in [4.78, 5) is 19.6. The molecule has 1 atom stereocenters. The summed E-state index contributed by atoms with van der Waals surface area (Å²) >= 11 is 6.11. The minimum atomic E-state index is -0.872. The summed E-state index contributed by atoms with van der Waals surface area (Å²) in [5.74, 6) is -0.510. The standard InChI is InChI=1S/C24H25ClFN5O2/c1-30-8-9-31-22(13-30)21(11-17(24(31)33)16-10-14(25)2-5-19(16)26)29-20-6-7-27-12-18(20)23(32)28-15-3-4-15/h2,5-7,10-12,15,23,28,32H,3-4,8-9,13H2,1H3,(H,27,29). The molecule has 9 heteroatoms. The van der Waals surface area contributed by atoms with Crippen LogP contribution in [0.2, 0.25) is 5.02 Å². The lowest BCUT2D eigenvalue weighted by Gasteiger charge is -2.30. The number of likely N-dealkylation sites (N-methyl/N-ethyl adjacent to an activating group) is 1. The third kappa shape index (κ3) is 4.52. The zero-order valence-electron chi connectivity index (χ0n) is 18.2. The van der Waals surface area contributed by atoms with Crippen LogP contribution in [0.25, 0.3) is 11.1 Å². The first-order valence-electron chi connectivity index (χ1n) is 11.0. The number of rotatable bonds is 6. The second-order valence-corrected chi connectivity index (χ2v) is 9.10. The van der Waals surface area contributed by atoms with E-state index in [1.807, 2.05) is 7.05 Å². The number of aliphatic hydroxyl groups is 1. The minimum absolute atomic E-state index is 0.162. The van der Waals surface area contributed by atoms with Gasteiger partial charge in [0.2, 0.25) is 0 Å². The monoisotopic (exact) mass is 469 g/mol. The van der Waals surface area contributed by atoms with E-state index < -0.39 is 12.0 Å². The fourth-order valence-electron chi connectivity index (χ4n) is 4.17. The largest absolute Gasteiger partial charge is 0.374 e. The first-order chi connectivity index (χ1) is 15.9. The van der Waals surface area contributed by atoms with Gasteiger partial charge >= 0.3 is 0 Å². The third-order valence-corrected chi connectivity index (χ3v) is 6.37. The molecule has 7 nitrogen and oxygen atoms in total. The highest BCUT2D eigenvalue weighted by Crippen LogP contribution is 2.33. The Morgan fingerprint density at radius 3 is 2.79 bits per heavy atom. The highest BCUT2D eigenvalue weighted by atomic mass is 35.5. The topological polar surface area (TPSA) is 82.4 Å². The third-order valence-electron chi connectivity index (χ3n) is 6.13. The van der Waals surface area contributed by atoms with E-state index in [1.54, 1.807) is 29.1 Å². The van der Waals surface area contributed by atoms with Crippen LogP contribution < -0.4 is 16.2 Å². The van der Waals surface area contributed by atoms with Crippen LogP contribution in [0.4, 0.5) is 15.8 Å². The minimum Gasteiger partial charge on any atom is -0.374 e. The van der Waals surface area contributed by atoms with Crippen molar-refractivity contribution >= 4 is 23.0 Å². The first-order valence-corrected chi connectivity index (χ1v) is 11.3. The van der Waals surface area contributed by atoms with Crippen LogP contribution in [-0.2, 0) is 13.1 Å². The number of hydrogen-bond donors (Lipinski definition) is 3. The van der Waals surface area contributed by atoms with Gasteiger partial charge in [-0.1, -0.05) is 11.6 Å². The Hall–Kier alpha value is -2.78. The molecule has 1 fully saturated rings. The molecule has 3 aromatic rings. The number of pyridine rings is 2. The first kappa shape index (κ1) is 22.0. The van der Waals surface area contributed by atoms with E-state index in [1.165, 1.54) is 18.2 Å². The molecule has 5 rings (SSSR count). The van der Waals surface area contributed by atoms with Crippen LogP contribution in [-0.4, -0.2) is 39.2 Å². The number of fused-ring (bicyclic) bond motifs is 1. The van der Waals surface area contributed by atoms with E-state index in [-0.39, 0.29) is 16.7 Å². The number of hydrogen-bond acceptors (Lipinski definition) is 6. The molecule has 3 heterocycles. The van der Waals surface area contributed by atoms with Crippen LogP contribution in [0, 0.1) is 5.82 Å². The molecule has 1 saturated carbocycles. The highest BCUT2D eigenvalue weighted by Gasteiger charge is 2.27. The van der Waals surface area contributed by atoms with Gasteiger partial charge in [-0.2, -0.15) is 0 Å².